The number of amides is 2. The SMILES string of the molecule is O=C(COC(=O)CCNC(=O)c1ccccc1Cl)Nc1nc2ccccc2s1. The smallest absolute Gasteiger partial charge is 0.308 e. The number of benzene rings is 2. The summed E-state index contributed by atoms with van der Waals surface area (Å²) in [5, 5.41) is 5.94. The van der Waals surface area contributed by atoms with Crippen molar-refractivity contribution < 1.29 is 19.1 Å². The van der Waals surface area contributed by atoms with E-state index in [-0.39, 0.29) is 18.9 Å². The Morgan fingerprint density at radius 1 is 1.07 bits per heavy atom. The molecule has 2 N–H and O–H groups in total. The fraction of sp³-hybridized carbons (Fsp3) is 0.158. The molecule has 1 aromatic heterocycles. The third-order valence-corrected chi connectivity index (χ3v) is 4.92. The van der Waals surface area contributed by atoms with Crippen molar-refractivity contribution in [2.45, 2.75) is 6.42 Å². The van der Waals surface area contributed by atoms with Crippen molar-refractivity contribution in [2.24, 2.45) is 0 Å². The molecule has 0 fully saturated rings. The highest BCUT2D eigenvalue weighted by Gasteiger charge is 2.12. The first-order chi connectivity index (χ1) is 13.5. The maximum Gasteiger partial charge on any atom is 0.308 e. The minimum atomic E-state index is -0.598. The van der Waals surface area contributed by atoms with Gasteiger partial charge in [-0.2, -0.15) is 0 Å². The van der Waals surface area contributed by atoms with Crippen LogP contribution in [0.5, 0.6) is 0 Å². The van der Waals surface area contributed by atoms with Crippen LogP contribution < -0.4 is 10.6 Å². The molecule has 3 aromatic rings. The van der Waals surface area contributed by atoms with Crippen molar-refractivity contribution >= 4 is 56.1 Å². The van der Waals surface area contributed by atoms with Crippen LogP contribution in [0.1, 0.15) is 16.8 Å². The Bertz CT molecular complexity index is 988. The van der Waals surface area contributed by atoms with Crippen LogP contribution in [-0.4, -0.2) is 35.9 Å². The molecule has 28 heavy (non-hydrogen) atoms. The molecule has 1 heterocycles. The van der Waals surface area contributed by atoms with E-state index in [1.54, 1.807) is 24.3 Å². The van der Waals surface area contributed by atoms with Gasteiger partial charge in [-0.05, 0) is 24.3 Å². The summed E-state index contributed by atoms with van der Waals surface area (Å²) in [5.74, 6) is -1.46. The van der Waals surface area contributed by atoms with Crippen LogP contribution >= 0.6 is 22.9 Å². The first kappa shape index (κ1) is 19.8. The number of carbonyl (C=O) groups excluding carboxylic acids is 3. The number of hydrogen-bond donors (Lipinski definition) is 2. The summed E-state index contributed by atoms with van der Waals surface area (Å²) in [6.45, 7) is -0.352. The minimum Gasteiger partial charge on any atom is -0.456 e. The Morgan fingerprint density at radius 2 is 1.82 bits per heavy atom. The number of thiazole rings is 1. The molecule has 0 spiro atoms. The van der Waals surface area contributed by atoms with E-state index in [1.165, 1.54) is 11.3 Å². The molecule has 0 unspecified atom stereocenters. The molecule has 2 aromatic carbocycles. The van der Waals surface area contributed by atoms with Crippen LogP contribution in [0.25, 0.3) is 10.2 Å². The van der Waals surface area contributed by atoms with E-state index in [2.05, 4.69) is 15.6 Å². The molecule has 0 radical (unpaired) electrons. The van der Waals surface area contributed by atoms with Gasteiger partial charge in [0.25, 0.3) is 11.8 Å². The van der Waals surface area contributed by atoms with E-state index in [1.807, 2.05) is 24.3 Å². The Labute approximate surface area is 169 Å². The van der Waals surface area contributed by atoms with Crippen molar-refractivity contribution in [1.82, 2.24) is 10.3 Å². The van der Waals surface area contributed by atoms with Crippen molar-refractivity contribution in [2.75, 3.05) is 18.5 Å². The minimum absolute atomic E-state index is 0.0649. The lowest BCUT2D eigenvalue weighted by molar-refractivity contribution is -0.147. The number of para-hydroxylation sites is 1. The maximum atomic E-state index is 12.0. The van der Waals surface area contributed by atoms with Crippen LogP contribution in [0.15, 0.2) is 48.5 Å². The lowest BCUT2D eigenvalue weighted by atomic mass is 10.2. The molecule has 0 bridgehead atoms. The van der Waals surface area contributed by atoms with Crippen molar-refractivity contribution in [1.29, 1.82) is 0 Å². The zero-order valence-electron chi connectivity index (χ0n) is 14.6. The number of halogens is 1. The fourth-order valence-corrected chi connectivity index (χ4v) is 3.42. The lowest BCUT2D eigenvalue weighted by Gasteiger charge is -2.07. The Kier molecular flexibility index (Phi) is 6.57. The first-order valence-corrected chi connectivity index (χ1v) is 9.56. The van der Waals surface area contributed by atoms with Gasteiger partial charge in [0.1, 0.15) is 0 Å². The number of hydrogen-bond acceptors (Lipinski definition) is 6. The van der Waals surface area contributed by atoms with Crippen molar-refractivity contribution in [3.8, 4) is 0 Å². The quantitative estimate of drug-likeness (QED) is 0.575. The number of nitrogens with zero attached hydrogens (tertiary/aromatic N) is 1. The molecular formula is C19H16ClN3O4S. The topological polar surface area (TPSA) is 97.4 Å². The Balaban J connectivity index is 1.38. The second-order valence-electron chi connectivity index (χ2n) is 5.68. The summed E-state index contributed by atoms with van der Waals surface area (Å²) in [7, 11) is 0. The monoisotopic (exact) mass is 417 g/mol. The van der Waals surface area contributed by atoms with Gasteiger partial charge in [0, 0.05) is 6.54 Å². The van der Waals surface area contributed by atoms with Gasteiger partial charge in [-0.3, -0.25) is 19.7 Å². The largest absolute Gasteiger partial charge is 0.456 e. The van der Waals surface area contributed by atoms with Gasteiger partial charge in [-0.1, -0.05) is 47.2 Å². The number of nitrogens with one attached hydrogen (secondary N) is 2. The normalized spacial score (nSPS) is 10.5. The molecule has 0 atom stereocenters. The molecule has 2 amide bonds. The van der Waals surface area contributed by atoms with Crippen molar-refractivity contribution in [3.63, 3.8) is 0 Å². The van der Waals surface area contributed by atoms with Crippen LogP contribution in [-0.2, 0) is 14.3 Å². The number of ether oxygens (including phenoxy) is 1. The highest BCUT2D eigenvalue weighted by Crippen LogP contribution is 2.25. The number of esters is 1. The zero-order chi connectivity index (χ0) is 19.9. The van der Waals surface area contributed by atoms with E-state index in [4.69, 9.17) is 16.3 Å². The fourth-order valence-electron chi connectivity index (χ4n) is 2.32. The number of carbonyl (C=O) groups is 3. The first-order valence-electron chi connectivity index (χ1n) is 8.36. The molecule has 0 aliphatic carbocycles. The molecule has 0 saturated carbocycles. The molecule has 7 nitrogen and oxygen atoms in total. The Morgan fingerprint density at radius 3 is 2.61 bits per heavy atom. The van der Waals surface area contributed by atoms with Crippen LogP contribution in [0.3, 0.4) is 0 Å². The number of rotatable bonds is 7. The summed E-state index contributed by atoms with van der Waals surface area (Å²) in [5.41, 5.74) is 1.11. The van der Waals surface area contributed by atoms with Crippen LogP contribution in [0.2, 0.25) is 5.02 Å². The van der Waals surface area contributed by atoms with E-state index >= 15 is 0 Å². The van der Waals surface area contributed by atoms with Crippen LogP contribution in [0, 0.1) is 0 Å². The number of anilines is 1. The van der Waals surface area contributed by atoms with E-state index in [0.29, 0.717) is 15.7 Å². The maximum absolute atomic E-state index is 12.0. The van der Waals surface area contributed by atoms with E-state index in [0.717, 1.165) is 10.2 Å². The predicted molar refractivity (Wildman–Crippen MR) is 108 cm³/mol. The van der Waals surface area contributed by atoms with Crippen LogP contribution in [0.4, 0.5) is 5.13 Å². The van der Waals surface area contributed by atoms with Gasteiger partial charge >= 0.3 is 5.97 Å². The average molecular weight is 418 g/mol. The third-order valence-electron chi connectivity index (χ3n) is 3.64. The summed E-state index contributed by atoms with van der Waals surface area (Å²) >= 11 is 7.27. The summed E-state index contributed by atoms with van der Waals surface area (Å²) in [4.78, 5) is 39.9. The molecule has 3 rings (SSSR count). The van der Waals surface area contributed by atoms with Crippen molar-refractivity contribution in [3.05, 3.63) is 59.1 Å². The molecule has 0 saturated heterocycles. The summed E-state index contributed by atoms with van der Waals surface area (Å²) in [6.07, 6.45) is -0.0649. The average Bonchev–Trinajstić information content (AvgIpc) is 3.08. The highest BCUT2D eigenvalue weighted by atomic mass is 35.5. The number of aromatic nitrogens is 1. The summed E-state index contributed by atoms with van der Waals surface area (Å²) < 4.78 is 5.86. The second-order valence-corrected chi connectivity index (χ2v) is 7.12. The lowest BCUT2D eigenvalue weighted by Crippen LogP contribution is -2.28. The molecule has 9 heteroatoms. The van der Waals surface area contributed by atoms with Gasteiger partial charge in [-0.25, -0.2) is 4.98 Å². The van der Waals surface area contributed by atoms with Gasteiger partial charge in [0.15, 0.2) is 11.7 Å². The van der Waals surface area contributed by atoms with E-state index < -0.39 is 18.5 Å². The third kappa shape index (κ3) is 5.28. The second kappa shape index (κ2) is 9.29. The number of fused-ring (bicyclic) bond motifs is 1. The Hall–Kier alpha value is -2.97. The predicted octanol–water partition coefficient (Wildman–Crippen LogP) is 3.25. The molecular weight excluding hydrogens is 402 g/mol. The summed E-state index contributed by atoms with van der Waals surface area (Å²) in [6, 6.07) is 14.1. The van der Waals surface area contributed by atoms with Gasteiger partial charge in [0.05, 0.1) is 27.2 Å². The van der Waals surface area contributed by atoms with E-state index in [9.17, 15) is 14.4 Å². The highest BCUT2D eigenvalue weighted by molar-refractivity contribution is 7.22. The molecule has 0 aliphatic heterocycles. The standard InChI is InChI=1S/C19H16ClN3O4S/c20-13-6-2-1-5-12(13)18(26)21-10-9-17(25)27-11-16(24)23-19-22-14-7-3-4-8-15(14)28-19/h1-8H,9-11H2,(H,21,26)(H,22,23,24). The molecule has 144 valence electrons. The van der Waals surface area contributed by atoms with Gasteiger partial charge < -0.3 is 10.1 Å². The van der Waals surface area contributed by atoms with Gasteiger partial charge in [-0.15, -0.1) is 0 Å². The zero-order valence-corrected chi connectivity index (χ0v) is 16.2. The van der Waals surface area contributed by atoms with Gasteiger partial charge in [0.2, 0.25) is 0 Å². The molecule has 0 aliphatic rings.